The predicted molar refractivity (Wildman–Crippen MR) is 127 cm³/mol. The molecule has 0 aliphatic heterocycles. The summed E-state index contributed by atoms with van der Waals surface area (Å²) in [4.78, 5) is 61.2. The van der Waals surface area contributed by atoms with Gasteiger partial charge in [0.25, 0.3) is 0 Å². The van der Waals surface area contributed by atoms with Gasteiger partial charge in [-0.3, -0.25) is 19.2 Å². The van der Waals surface area contributed by atoms with Crippen LogP contribution in [0, 0.1) is 11.8 Å². The summed E-state index contributed by atoms with van der Waals surface area (Å²) in [5, 5.41) is 17.0. The van der Waals surface area contributed by atoms with E-state index < -0.39 is 53.8 Å². The Morgan fingerprint density at radius 1 is 0.853 bits per heavy atom. The Kier molecular flexibility index (Phi) is 14.7. The lowest BCUT2D eigenvalue weighted by molar-refractivity contribution is -0.144. The average molecular weight is 487 g/mol. The number of unbranched alkanes of at least 4 members (excludes halogenated alkanes) is 1. The number of nitrogens with one attached hydrogen (secondary N) is 3. The van der Waals surface area contributed by atoms with Crippen molar-refractivity contribution in [2.24, 2.45) is 29.0 Å². The Morgan fingerprint density at radius 3 is 1.91 bits per heavy atom. The molecule has 0 rings (SSSR count). The first-order chi connectivity index (χ1) is 15.8. The summed E-state index contributed by atoms with van der Waals surface area (Å²) < 4.78 is 0. The Bertz CT molecular complexity index is 701. The molecule has 0 aromatic carbocycles. The van der Waals surface area contributed by atoms with Gasteiger partial charge in [0.1, 0.15) is 18.1 Å². The van der Waals surface area contributed by atoms with Crippen molar-refractivity contribution in [1.29, 1.82) is 0 Å². The van der Waals surface area contributed by atoms with E-state index in [1.54, 1.807) is 20.8 Å². The fourth-order valence-corrected chi connectivity index (χ4v) is 3.19. The van der Waals surface area contributed by atoms with Gasteiger partial charge in [-0.2, -0.15) is 0 Å². The van der Waals surface area contributed by atoms with E-state index in [9.17, 15) is 29.1 Å². The number of hydrogen-bond acceptors (Lipinski definition) is 7. The molecule has 0 aromatic heterocycles. The second kappa shape index (κ2) is 16.0. The minimum atomic E-state index is -1.19. The van der Waals surface area contributed by atoms with Crippen molar-refractivity contribution in [3.63, 3.8) is 0 Å². The maximum absolute atomic E-state index is 13.0. The number of carbonyl (C=O) groups is 5. The second-order valence-electron chi connectivity index (χ2n) is 8.90. The van der Waals surface area contributed by atoms with Gasteiger partial charge in [0.05, 0.1) is 6.04 Å². The van der Waals surface area contributed by atoms with Gasteiger partial charge >= 0.3 is 5.97 Å². The lowest BCUT2D eigenvalue weighted by atomic mass is 9.96. The molecule has 0 aliphatic carbocycles. The van der Waals surface area contributed by atoms with Crippen molar-refractivity contribution in [3.05, 3.63) is 0 Å². The molecule has 0 fully saturated rings. The largest absolute Gasteiger partial charge is 0.480 e. The maximum atomic E-state index is 13.0. The topological polar surface area (TPSA) is 220 Å². The molecule has 196 valence electrons. The van der Waals surface area contributed by atoms with Crippen LogP contribution in [0.5, 0.6) is 0 Å². The number of aliphatic carboxylic acids is 1. The molecule has 5 atom stereocenters. The van der Waals surface area contributed by atoms with Crippen LogP contribution in [0.25, 0.3) is 0 Å². The third kappa shape index (κ3) is 11.4. The lowest BCUT2D eigenvalue weighted by Gasteiger charge is -2.28. The molecule has 0 aliphatic rings. The van der Waals surface area contributed by atoms with Crippen LogP contribution in [0.4, 0.5) is 0 Å². The van der Waals surface area contributed by atoms with Gasteiger partial charge in [0.15, 0.2) is 0 Å². The van der Waals surface area contributed by atoms with Gasteiger partial charge in [0, 0.05) is 6.42 Å². The minimum absolute atomic E-state index is 0.0823. The van der Waals surface area contributed by atoms with E-state index in [4.69, 9.17) is 17.2 Å². The lowest BCUT2D eigenvalue weighted by Crippen LogP contribution is -2.59. The number of carboxylic acid groups (broad SMARTS) is 1. The SMILES string of the molecule is CCC(C)C(NC(=O)C(CCC(N)=O)NC(=O)C(N)CCCCN)C(=O)NC(C(=O)O)C(C)C. The molecular weight excluding hydrogens is 444 g/mol. The van der Waals surface area contributed by atoms with Crippen molar-refractivity contribution in [1.82, 2.24) is 16.0 Å². The quantitative estimate of drug-likeness (QED) is 0.125. The molecule has 0 aromatic rings. The highest BCUT2D eigenvalue weighted by atomic mass is 16.4. The predicted octanol–water partition coefficient (Wildman–Crippen LogP) is -1.05. The summed E-state index contributed by atoms with van der Waals surface area (Å²) in [6.45, 7) is 7.34. The van der Waals surface area contributed by atoms with Crippen LogP contribution < -0.4 is 33.2 Å². The van der Waals surface area contributed by atoms with Gasteiger partial charge in [-0.1, -0.05) is 40.5 Å². The standard InChI is InChI=1S/C22H42N6O6/c1-5-13(4)18(21(32)27-17(12(2)3)22(33)34)28-20(31)15(9-10-16(25)29)26-19(30)14(24)8-6-7-11-23/h12-15,17-18H,5-11,23-24H2,1-4H3,(H2,25,29)(H,26,30)(H,27,32)(H,28,31)(H,33,34). The van der Waals surface area contributed by atoms with E-state index >= 15 is 0 Å². The maximum Gasteiger partial charge on any atom is 0.326 e. The first-order valence-electron chi connectivity index (χ1n) is 11.7. The molecule has 12 heteroatoms. The number of hydrogen-bond donors (Lipinski definition) is 7. The molecule has 0 saturated carbocycles. The van der Waals surface area contributed by atoms with Crippen molar-refractivity contribution in [2.45, 2.75) is 90.4 Å². The highest BCUT2D eigenvalue weighted by Gasteiger charge is 2.33. The Hall–Kier alpha value is -2.73. The van der Waals surface area contributed by atoms with Crippen molar-refractivity contribution in [2.75, 3.05) is 6.54 Å². The summed E-state index contributed by atoms with van der Waals surface area (Å²) in [5.74, 6) is -4.47. The smallest absolute Gasteiger partial charge is 0.326 e. The van der Waals surface area contributed by atoms with Crippen LogP contribution in [0.3, 0.4) is 0 Å². The molecule has 0 radical (unpaired) electrons. The highest BCUT2D eigenvalue weighted by Crippen LogP contribution is 2.11. The van der Waals surface area contributed by atoms with Crippen molar-refractivity contribution >= 4 is 29.6 Å². The fourth-order valence-electron chi connectivity index (χ4n) is 3.19. The molecule has 0 heterocycles. The summed E-state index contributed by atoms with van der Waals surface area (Å²) in [6.07, 6.45) is 1.97. The van der Waals surface area contributed by atoms with E-state index in [-0.39, 0.29) is 24.7 Å². The molecule has 10 N–H and O–H groups in total. The number of primary amides is 1. The van der Waals surface area contributed by atoms with Crippen LogP contribution in [0.2, 0.25) is 0 Å². The Labute approximate surface area is 201 Å². The van der Waals surface area contributed by atoms with E-state index in [1.165, 1.54) is 0 Å². The zero-order chi connectivity index (χ0) is 26.4. The van der Waals surface area contributed by atoms with Gasteiger partial charge < -0.3 is 38.3 Å². The molecule has 0 spiro atoms. The number of carboxylic acids is 1. The molecule has 4 amide bonds. The van der Waals surface area contributed by atoms with Gasteiger partial charge in [-0.05, 0) is 37.6 Å². The van der Waals surface area contributed by atoms with Crippen LogP contribution in [0.1, 0.15) is 66.2 Å². The Morgan fingerprint density at radius 2 is 1.44 bits per heavy atom. The minimum Gasteiger partial charge on any atom is -0.480 e. The van der Waals surface area contributed by atoms with Crippen LogP contribution in [0.15, 0.2) is 0 Å². The van der Waals surface area contributed by atoms with Crippen LogP contribution in [-0.2, 0) is 24.0 Å². The summed E-state index contributed by atoms with van der Waals surface area (Å²) in [5.41, 5.74) is 16.5. The monoisotopic (exact) mass is 486 g/mol. The number of amides is 4. The second-order valence-corrected chi connectivity index (χ2v) is 8.90. The highest BCUT2D eigenvalue weighted by molar-refractivity contribution is 5.94. The molecule has 0 bridgehead atoms. The Balaban J connectivity index is 5.53. The molecule has 12 nitrogen and oxygen atoms in total. The molecular formula is C22H42N6O6. The number of rotatable bonds is 17. The molecule has 5 unspecified atom stereocenters. The van der Waals surface area contributed by atoms with Gasteiger partial charge in [0.2, 0.25) is 23.6 Å². The van der Waals surface area contributed by atoms with Crippen molar-refractivity contribution in [3.8, 4) is 0 Å². The van der Waals surface area contributed by atoms with E-state index in [0.29, 0.717) is 32.2 Å². The van der Waals surface area contributed by atoms with Crippen LogP contribution >= 0.6 is 0 Å². The zero-order valence-electron chi connectivity index (χ0n) is 20.6. The summed E-state index contributed by atoms with van der Waals surface area (Å²) in [7, 11) is 0. The first kappa shape index (κ1) is 31.3. The average Bonchev–Trinajstić information content (AvgIpc) is 2.76. The third-order valence-electron chi connectivity index (χ3n) is 5.64. The van der Waals surface area contributed by atoms with Gasteiger partial charge in [-0.15, -0.1) is 0 Å². The summed E-state index contributed by atoms with van der Waals surface area (Å²) >= 11 is 0. The number of nitrogens with two attached hydrogens (primary N) is 3. The molecule has 34 heavy (non-hydrogen) atoms. The number of carbonyl (C=O) groups excluding carboxylic acids is 4. The van der Waals surface area contributed by atoms with Gasteiger partial charge in [-0.25, -0.2) is 4.79 Å². The normalized spacial score (nSPS) is 15.5. The van der Waals surface area contributed by atoms with E-state index in [0.717, 1.165) is 0 Å². The third-order valence-corrected chi connectivity index (χ3v) is 5.64. The molecule has 0 saturated heterocycles. The van der Waals surface area contributed by atoms with E-state index in [1.807, 2.05) is 6.92 Å². The van der Waals surface area contributed by atoms with Crippen molar-refractivity contribution < 1.29 is 29.1 Å². The van der Waals surface area contributed by atoms with E-state index in [2.05, 4.69) is 16.0 Å². The summed E-state index contributed by atoms with van der Waals surface area (Å²) in [6, 6.07) is -4.20. The fraction of sp³-hybridized carbons (Fsp3) is 0.773. The zero-order valence-corrected chi connectivity index (χ0v) is 20.6. The first-order valence-corrected chi connectivity index (χ1v) is 11.7. The van der Waals surface area contributed by atoms with Crippen LogP contribution in [-0.4, -0.2) is 65.4 Å².